The van der Waals surface area contributed by atoms with Crippen molar-refractivity contribution in [3.8, 4) is 0 Å². The summed E-state index contributed by atoms with van der Waals surface area (Å²) in [6.45, 7) is 8.50. The average Bonchev–Trinajstić information content (AvgIpc) is 2.20. The first-order valence-corrected chi connectivity index (χ1v) is 8.07. The fourth-order valence-corrected chi connectivity index (χ4v) is 1.78. The Kier molecular flexibility index (Phi) is 23.7. The molecule has 0 saturated heterocycles. The van der Waals surface area contributed by atoms with Crippen molar-refractivity contribution >= 4 is 22.5 Å². The molecule has 2 heteroatoms. The first-order chi connectivity index (χ1) is 6.83. The molecule has 85 valence electrons. The third-order valence-corrected chi connectivity index (χ3v) is 2.82. The molecular formula is C12H27OSn. The van der Waals surface area contributed by atoms with Crippen LogP contribution in [0.2, 0.25) is 4.44 Å². The monoisotopic (exact) mass is 307 g/mol. The van der Waals surface area contributed by atoms with Gasteiger partial charge in [0.05, 0.1) is 0 Å². The van der Waals surface area contributed by atoms with Gasteiger partial charge in [0, 0.05) is 13.2 Å². The Hall–Kier alpha value is 0.759. The first-order valence-electron chi connectivity index (χ1n) is 6.05. The maximum atomic E-state index is 5.31. The Balaban J connectivity index is 0. The van der Waals surface area contributed by atoms with Crippen LogP contribution in [0.25, 0.3) is 0 Å². The molecule has 1 nitrogen and oxygen atoms in total. The van der Waals surface area contributed by atoms with Gasteiger partial charge in [-0.1, -0.05) is 26.7 Å². The molecule has 0 aliphatic carbocycles. The molecule has 0 atom stereocenters. The minimum absolute atomic E-state index is 0.955. The Morgan fingerprint density at radius 3 is 1.43 bits per heavy atom. The predicted octanol–water partition coefficient (Wildman–Crippen LogP) is 3.98. The normalized spacial score (nSPS) is 9.43. The fourth-order valence-electron chi connectivity index (χ4n) is 0.772. The van der Waals surface area contributed by atoms with E-state index in [1.807, 2.05) is 0 Å². The van der Waals surface area contributed by atoms with Crippen molar-refractivity contribution in [2.24, 2.45) is 0 Å². The number of rotatable bonds is 8. The molecule has 0 aliphatic rings. The van der Waals surface area contributed by atoms with E-state index in [-0.39, 0.29) is 0 Å². The summed E-state index contributed by atoms with van der Waals surface area (Å²) in [5.41, 5.74) is 0. The topological polar surface area (TPSA) is 9.23 Å². The van der Waals surface area contributed by atoms with E-state index in [1.54, 1.807) is 22.5 Å². The summed E-state index contributed by atoms with van der Waals surface area (Å²) in [5.74, 6) is 0. The number of hydrogen-bond acceptors (Lipinski definition) is 1. The van der Waals surface area contributed by atoms with Crippen molar-refractivity contribution in [2.45, 2.75) is 63.7 Å². The standard InChI is InChI=1S/C8H18O.C4H9.Sn/c1-3-5-7-9-8-6-4-2;1-3-4-2;/h3-8H2,1-2H3;1,3-4H2,2H3;. The van der Waals surface area contributed by atoms with Crippen LogP contribution in [0.4, 0.5) is 0 Å². The van der Waals surface area contributed by atoms with Crippen molar-refractivity contribution in [3.05, 3.63) is 0 Å². The summed E-state index contributed by atoms with van der Waals surface area (Å²) in [7, 11) is 0. The molecule has 0 N–H and O–H groups in total. The molecule has 0 amide bonds. The van der Waals surface area contributed by atoms with E-state index in [0.717, 1.165) is 13.2 Å². The van der Waals surface area contributed by atoms with Gasteiger partial charge in [-0.2, -0.15) is 0 Å². The molecule has 0 aromatic heterocycles. The van der Waals surface area contributed by atoms with E-state index in [0.29, 0.717) is 0 Å². The molecule has 0 aliphatic heterocycles. The second-order valence-electron chi connectivity index (χ2n) is 3.42. The molecule has 0 unspecified atom stereocenters. The third kappa shape index (κ3) is 23.0. The van der Waals surface area contributed by atoms with Gasteiger partial charge >= 0.3 is 46.7 Å². The van der Waals surface area contributed by atoms with Crippen LogP contribution in [0.1, 0.15) is 59.3 Å². The average molecular weight is 306 g/mol. The molecule has 0 heterocycles. The van der Waals surface area contributed by atoms with E-state index in [2.05, 4.69) is 20.8 Å². The second kappa shape index (κ2) is 19.3. The van der Waals surface area contributed by atoms with Gasteiger partial charge in [-0.05, 0) is 12.8 Å². The summed E-state index contributed by atoms with van der Waals surface area (Å²) >= 11 is 1.68. The Bertz CT molecular complexity index is 68.7. The zero-order valence-electron chi connectivity index (χ0n) is 10.3. The van der Waals surface area contributed by atoms with Crippen LogP contribution < -0.4 is 0 Å². The number of ether oxygens (including phenoxy) is 1. The summed E-state index contributed by atoms with van der Waals surface area (Å²) in [4.78, 5) is 0. The fraction of sp³-hybridized carbons (Fsp3) is 1.00. The van der Waals surface area contributed by atoms with Gasteiger partial charge < -0.3 is 4.74 Å². The summed E-state index contributed by atoms with van der Waals surface area (Å²) < 4.78 is 6.75. The van der Waals surface area contributed by atoms with Gasteiger partial charge in [0.2, 0.25) is 0 Å². The zero-order valence-corrected chi connectivity index (χ0v) is 13.1. The van der Waals surface area contributed by atoms with Crippen LogP contribution in [0.15, 0.2) is 0 Å². The molecule has 0 aromatic carbocycles. The van der Waals surface area contributed by atoms with E-state index >= 15 is 0 Å². The van der Waals surface area contributed by atoms with E-state index in [1.165, 1.54) is 43.0 Å². The van der Waals surface area contributed by atoms with E-state index in [9.17, 15) is 0 Å². The quantitative estimate of drug-likeness (QED) is 0.487. The predicted molar refractivity (Wildman–Crippen MR) is 66.1 cm³/mol. The van der Waals surface area contributed by atoms with Gasteiger partial charge in [-0.25, -0.2) is 0 Å². The van der Waals surface area contributed by atoms with Gasteiger partial charge in [-0.15, -0.1) is 0 Å². The van der Waals surface area contributed by atoms with Crippen molar-refractivity contribution < 1.29 is 4.74 Å². The third-order valence-electron chi connectivity index (χ3n) is 1.81. The molecular weight excluding hydrogens is 279 g/mol. The van der Waals surface area contributed by atoms with Crippen LogP contribution in [0.5, 0.6) is 0 Å². The van der Waals surface area contributed by atoms with Crippen LogP contribution in [0.3, 0.4) is 0 Å². The molecule has 0 bridgehead atoms. The molecule has 0 rings (SSSR count). The first kappa shape index (κ1) is 17.2. The van der Waals surface area contributed by atoms with Crippen LogP contribution in [-0.2, 0) is 4.74 Å². The summed E-state index contributed by atoms with van der Waals surface area (Å²) in [5, 5.41) is 0. The molecule has 3 radical (unpaired) electrons. The second-order valence-corrected chi connectivity index (χ2v) is 4.85. The van der Waals surface area contributed by atoms with E-state index < -0.39 is 0 Å². The Morgan fingerprint density at radius 2 is 1.21 bits per heavy atom. The van der Waals surface area contributed by atoms with Gasteiger partial charge in [-0.3, -0.25) is 0 Å². The molecule has 14 heavy (non-hydrogen) atoms. The van der Waals surface area contributed by atoms with Crippen LogP contribution in [0, 0.1) is 0 Å². The van der Waals surface area contributed by atoms with Gasteiger partial charge in [0.1, 0.15) is 0 Å². The summed E-state index contributed by atoms with van der Waals surface area (Å²) in [6.07, 6.45) is 7.70. The van der Waals surface area contributed by atoms with Crippen molar-refractivity contribution in [2.75, 3.05) is 13.2 Å². The van der Waals surface area contributed by atoms with Crippen molar-refractivity contribution in [3.63, 3.8) is 0 Å². The van der Waals surface area contributed by atoms with Crippen molar-refractivity contribution in [1.82, 2.24) is 0 Å². The van der Waals surface area contributed by atoms with Crippen LogP contribution >= 0.6 is 0 Å². The molecule has 0 fully saturated rings. The SMILES string of the molecule is CCCCOCCCC.CCC[CH2][Sn]. The van der Waals surface area contributed by atoms with E-state index in [4.69, 9.17) is 4.74 Å². The Morgan fingerprint density at radius 1 is 0.786 bits per heavy atom. The minimum atomic E-state index is 0.955. The molecule has 0 saturated carbocycles. The van der Waals surface area contributed by atoms with Gasteiger partial charge in [0.25, 0.3) is 0 Å². The molecule has 0 spiro atoms. The number of hydrogen-bond donors (Lipinski definition) is 0. The van der Waals surface area contributed by atoms with Crippen LogP contribution in [-0.4, -0.2) is 35.7 Å². The van der Waals surface area contributed by atoms with Crippen molar-refractivity contribution in [1.29, 1.82) is 0 Å². The summed E-state index contributed by atoms with van der Waals surface area (Å²) in [6, 6.07) is 0. The Labute approximate surface area is 104 Å². The van der Waals surface area contributed by atoms with Gasteiger partial charge in [0.15, 0.2) is 0 Å². The number of unbranched alkanes of at least 4 members (excludes halogenated alkanes) is 3. The maximum absolute atomic E-state index is 5.31. The molecule has 0 aromatic rings. The zero-order chi connectivity index (χ0) is 11.1.